The maximum Gasteiger partial charge on any atom is 0.0249 e. The van der Waals surface area contributed by atoms with Crippen molar-refractivity contribution >= 4 is 0 Å². The van der Waals surface area contributed by atoms with Crippen molar-refractivity contribution in [1.82, 2.24) is 0 Å². The van der Waals surface area contributed by atoms with Gasteiger partial charge in [-0.05, 0) is 79.5 Å². The summed E-state index contributed by atoms with van der Waals surface area (Å²) in [5, 5.41) is 0. The van der Waals surface area contributed by atoms with Gasteiger partial charge < -0.3 is 0 Å². The van der Waals surface area contributed by atoms with Gasteiger partial charge in [0.1, 0.15) is 0 Å². The van der Waals surface area contributed by atoms with Crippen LogP contribution < -0.4 is 0 Å². The van der Waals surface area contributed by atoms with E-state index in [1.54, 1.807) is 0 Å². The van der Waals surface area contributed by atoms with Gasteiger partial charge in [-0.1, -0.05) is 95.3 Å². The average Bonchev–Trinajstić information content (AvgIpc) is 2.78. The van der Waals surface area contributed by atoms with Crippen molar-refractivity contribution in [3.63, 3.8) is 0 Å². The summed E-state index contributed by atoms with van der Waals surface area (Å²) in [5.41, 5.74) is 2.55. The fourth-order valence-corrected chi connectivity index (χ4v) is 5.42. The number of hydrogen-bond donors (Lipinski definition) is 0. The second kappa shape index (κ2) is 12.3. The van der Waals surface area contributed by atoms with E-state index in [1.807, 2.05) is 0 Å². The highest BCUT2D eigenvalue weighted by atomic mass is 14.3. The van der Waals surface area contributed by atoms with Gasteiger partial charge in [-0.2, -0.15) is 0 Å². The third-order valence-corrected chi connectivity index (χ3v) is 7.58. The fourth-order valence-electron chi connectivity index (χ4n) is 5.42. The highest BCUT2D eigenvalue weighted by Crippen LogP contribution is 2.37. The van der Waals surface area contributed by atoms with Crippen LogP contribution in [0, 0.1) is 35.5 Å². The van der Waals surface area contributed by atoms with Gasteiger partial charge in [0.2, 0.25) is 0 Å². The summed E-state index contributed by atoms with van der Waals surface area (Å²) in [6.07, 6.45) is 22.9. The molecule has 0 heterocycles. The monoisotopic (exact) mass is 390 g/mol. The van der Waals surface area contributed by atoms with Crippen LogP contribution in [0.25, 0.3) is 0 Å². The first-order valence-corrected chi connectivity index (χ1v) is 12.5. The van der Waals surface area contributed by atoms with E-state index in [1.165, 1.54) is 82.6 Å². The molecule has 0 radical (unpaired) electrons. The van der Waals surface area contributed by atoms with Gasteiger partial charge in [0.15, 0.2) is 0 Å². The Morgan fingerprint density at radius 2 is 1.38 bits per heavy atom. The van der Waals surface area contributed by atoms with Crippen LogP contribution in [0.4, 0.5) is 0 Å². The average molecular weight is 391 g/mol. The van der Waals surface area contributed by atoms with Gasteiger partial charge in [-0.25, -0.2) is 0 Å². The second-order valence-corrected chi connectivity index (χ2v) is 9.73. The highest BCUT2D eigenvalue weighted by molar-refractivity contribution is 5.38. The summed E-state index contributed by atoms with van der Waals surface area (Å²) in [7, 11) is 0. The largest absolute Gasteiger partial charge is 0.0730 e. The zero-order chi connectivity index (χ0) is 20.3. The molecule has 0 spiro atoms. The van der Waals surface area contributed by atoms with Gasteiger partial charge in [-0.15, -0.1) is 0 Å². The van der Waals surface area contributed by atoms with E-state index in [9.17, 15) is 0 Å². The fraction of sp³-hybridized carbons (Fsp3) is 0.655. The molecule has 2 aliphatic rings. The minimum absolute atomic E-state index is 0.757. The molecule has 0 aliphatic heterocycles. The van der Waals surface area contributed by atoms with Crippen LogP contribution in [-0.4, -0.2) is 0 Å². The molecule has 0 aromatic heterocycles. The molecular weight excluding hydrogens is 348 g/mol. The highest BCUT2D eigenvalue weighted by Gasteiger charge is 2.23. The first kappa shape index (κ1) is 22.2. The van der Waals surface area contributed by atoms with Crippen molar-refractivity contribution in [2.24, 2.45) is 23.7 Å². The predicted molar refractivity (Wildman–Crippen MR) is 127 cm³/mol. The molecule has 158 valence electrons. The van der Waals surface area contributed by atoms with E-state index in [4.69, 9.17) is 0 Å². The van der Waals surface area contributed by atoms with Crippen molar-refractivity contribution in [3.8, 4) is 11.8 Å². The number of benzene rings is 1. The quantitative estimate of drug-likeness (QED) is 0.410. The molecule has 0 unspecified atom stereocenters. The molecule has 0 amide bonds. The second-order valence-electron chi connectivity index (χ2n) is 9.73. The molecule has 1 aromatic rings. The van der Waals surface area contributed by atoms with E-state index in [0.29, 0.717) is 0 Å². The van der Waals surface area contributed by atoms with Crippen LogP contribution >= 0.6 is 0 Å². The van der Waals surface area contributed by atoms with E-state index < -0.39 is 0 Å². The van der Waals surface area contributed by atoms with Crippen molar-refractivity contribution in [3.05, 3.63) is 47.5 Å². The molecule has 0 N–H and O–H groups in total. The summed E-state index contributed by atoms with van der Waals surface area (Å²) < 4.78 is 0. The zero-order valence-corrected chi connectivity index (χ0v) is 19.0. The smallest absolute Gasteiger partial charge is 0.0249 e. The zero-order valence-electron chi connectivity index (χ0n) is 19.0. The Labute approximate surface area is 180 Å². The van der Waals surface area contributed by atoms with Crippen LogP contribution in [-0.2, 0) is 6.42 Å². The Balaban J connectivity index is 1.32. The van der Waals surface area contributed by atoms with Crippen LogP contribution in [0.1, 0.15) is 102 Å². The Morgan fingerprint density at radius 1 is 0.793 bits per heavy atom. The molecule has 29 heavy (non-hydrogen) atoms. The molecule has 0 atom stereocenters. The summed E-state index contributed by atoms with van der Waals surface area (Å²) in [6.45, 7) is 4.60. The van der Waals surface area contributed by atoms with Crippen LogP contribution in [0.2, 0.25) is 0 Å². The minimum Gasteiger partial charge on any atom is -0.0730 e. The van der Waals surface area contributed by atoms with Gasteiger partial charge in [0.25, 0.3) is 0 Å². The van der Waals surface area contributed by atoms with Gasteiger partial charge in [0, 0.05) is 5.56 Å². The molecule has 0 nitrogen and oxygen atoms in total. The number of aryl methyl sites for hydroxylation is 1. The van der Waals surface area contributed by atoms with Crippen molar-refractivity contribution < 1.29 is 0 Å². The lowest BCUT2D eigenvalue weighted by Crippen LogP contribution is -2.17. The minimum atomic E-state index is 0.757. The topological polar surface area (TPSA) is 0 Å². The predicted octanol–water partition coefficient (Wildman–Crippen LogP) is 8.35. The lowest BCUT2D eigenvalue weighted by Gasteiger charge is -2.31. The Hall–Kier alpha value is -1.48. The summed E-state index contributed by atoms with van der Waals surface area (Å²) >= 11 is 0. The van der Waals surface area contributed by atoms with Gasteiger partial charge in [-0.3, -0.25) is 0 Å². The Kier molecular flexibility index (Phi) is 9.40. The van der Waals surface area contributed by atoms with Crippen molar-refractivity contribution in [2.75, 3.05) is 0 Å². The van der Waals surface area contributed by atoms with Crippen LogP contribution in [0.3, 0.4) is 0 Å². The summed E-state index contributed by atoms with van der Waals surface area (Å²) in [5.74, 6) is 10.4. The number of rotatable bonds is 7. The molecule has 0 bridgehead atoms. The van der Waals surface area contributed by atoms with Crippen LogP contribution in [0.5, 0.6) is 0 Å². The summed E-state index contributed by atoms with van der Waals surface area (Å²) in [4.78, 5) is 0. The molecule has 2 saturated carbocycles. The van der Waals surface area contributed by atoms with E-state index in [-0.39, 0.29) is 0 Å². The van der Waals surface area contributed by atoms with Crippen molar-refractivity contribution in [2.45, 2.75) is 97.3 Å². The van der Waals surface area contributed by atoms with Gasteiger partial charge in [0.05, 0.1) is 0 Å². The first-order chi connectivity index (χ1) is 14.3. The van der Waals surface area contributed by atoms with Crippen molar-refractivity contribution in [1.29, 1.82) is 0 Å². The first-order valence-electron chi connectivity index (χ1n) is 12.5. The Morgan fingerprint density at radius 3 is 1.97 bits per heavy atom. The Bertz CT molecular complexity index is 652. The molecule has 0 heteroatoms. The molecule has 2 fully saturated rings. The number of hydrogen-bond acceptors (Lipinski definition) is 0. The molecule has 1 aromatic carbocycles. The van der Waals surface area contributed by atoms with Gasteiger partial charge >= 0.3 is 0 Å². The summed E-state index contributed by atoms with van der Waals surface area (Å²) in [6, 6.07) is 8.75. The molecule has 3 rings (SSSR count). The normalized spacial score (nSPS) is 27.5. The number of allylic oxidation sites excluding steroid dienone is 2. The third kappa shape index (κ3) is 7.70. The van der Waals surface area contributed by atoms with E-state index in [0.717, 1.165) is 35.7 Å². The van der Waals surface area contributed by atoms with E-state index >= 15 is 0 Å². The third-order valence-electron chi connectivity index (χ3n) is 7.58. The maximum absolute atomic E-state index is 3.29. The van der Waals surface area contributed by atoms with E-state index in [2.05, 4.69) is 62.1 Å². The lowest BCUT2D eigenvalue weighted by molar-refractivity contribution is 0.224. The lowest BCUT2D eigenvalue weighted by atomic mass is 9.75. The maximum atomic E-state index is 3.29. The SMILES string of the molecule is CCCc1ccc(C#CC=CC2CCC(CCC3CCC(CC)CC3)CC2)cc1. The standard InChI is InChI=1S/C29H42/c1-3-7-25-14-16-26(17-15-25)8-5-6-9-27-18-20-29(21-19-27)23-22-28-12-10-24(4-2)11-13-28/h6,9,14-17,24,27-29H,3-4,7,10-13,18-23H2,1-2H3. The van der Waals surface area contributed by atoms with Crippen LogP contribution in [0.15, 0.2) is 36.4 Å². The molecule has 2 aliphatic carbocycles. The molecule has 0 saturated heterocycles. The molecular formula is C29H42.